The Hall–Kier alpha value is -0.0900. The SMILES string of the molecule is CC1CC(C)CC(C(N)C2CCS(=O)(=O)C2)C1. The number of sulfone groups is 1. The van der Waals surface area contributed by atoms with Gasteiger partial charge in [-0.2, -0.15) is 0 Å². The topological polar surface area (TPSA) is 60.2 Å². The van der Waals surface area contributed by atoms with Crippen molar-refractivity contribution in [3.05, 3.63) is 0 Å². The Morgan fingerprint density at radius 3 is 2.12 bits per heavy atom. The molecule has 1 saturated heterocycles. The van der Waals surface area contributed by atoms with Gasteiger partial charge in [0, 0.05) is 6.04 Å². The molecule has 1 heterocycles. The van der Waals surface area contributed by atoms with Crippen LogP contribution in [0.5, 0.6) is 0 Å². The van der Waals surface area contributed by atoms with E-state index in [2.05, 4.69) is 13.8 Å². The number of hydrogen-bond donors (Lipinski definition) is 1. The molecule has 0 aromatic heterocycles. The molecule has 2 aliphatic rings. The van der Waals surface area contributed by atoms with Crippen LogP contribution in [0.15, 0.2) is 0 Å². The van der Waals surface area contributed by atoms with E-state index >= 15 is 0 Å². The monoisotopic (exact) mass is 259 g/mol. The minimum Gasteiger partial charge on any atom is -0.327 e. The molecule has 3 nitrogen and oxygen atoms in total. The maximum atomic E-state index is 11.5. The molecule has 4 heteroatoms. The highest BCUT2D eigenvalue weighted by Gasteiger charge is 2.37. The van der Waals surface area contributed by atoms with Crippen molar-refractivity contribution >= 4 is 9.84 Å². The van der Waals surface area contributed by atoms with Crippen LogP contribution >= 0.6 is 0 Å². The van der Waals surface area contributed by atoms with Crippen molar-refractivity contribution in [2.24, 2.45) is 29.4 Å². The highest BCUT2D eigenvalue weighted by molar-refractivity contribution is 7.91. The fraction of sp³-hybridized carbons (Fsp3) is 1.00. The third-order valence-corrected chi connectivity index (χ3v) is 6.37. The fourth-order valence-electron chi connectivity index (χ4n) is 3.84. The average molecular weight is 259 g/mol. The summed E-state index contributed by atoms with van der Waals surface area (Å²) in [6.45, 7) is 4.58. The molecule has 4 atom stereocenters. The molecular weight excluding hydrogens is 234 g/mol. The lowest BCUT2D eigenvalue weighted by Crippen LogP contribution is -2.41. The second-order valence-corrected chi connectivity index (χ2v) is 8.65. The summed E-state index contributed by atoms with van der Waals surface area (Å²) < 4.78 is 23.0. The summed E-state index contributed by atoms with van der Waals surface area (Å²) in [6, 6.07) is 0.0949. The van der Waals surface area contributed by atoms with E-state index in [1.807, 2.05) is 0 Å². The van der Waals surface area contributed by atoms with Crippen LogP contribution in [0.25, 0.3) is 0 Å². The van der Waals surface area contributed by atoms with Crippen LogP contribution in [0.1, 0.15) is 39.5 Å². The van der Waals surface area contributed by atoms with Gasteiger partial charge in [0.15, 0.2) is 9.84 Å². The van der Waals surface area contributed by atoms with Crippen molar-refractivity contribution in [3.63, 3.8) is 0 Å². The predicted molar refractivity (Wildman–Crippen MR) is 70.4 cm³/mol. The van der Waals surface area contributed by atoms with Crippen molar-refractivity contribution < 1.29 is 8.42 Å². The van der Waals surface area contributed by atoms with Crippen molar-refractivity contribution in [2.45, 2.75) is 45.6 Å². The van der Waals surface area contributed by atoms with Gasteiger partial charge in [0.1, 0.15) is 0 Å². The van der Waals surface area contributed by atoms with Gasteiger partial charge in [-0.05, 0) is 49.4 Å². The lowest BCUT2D eigenvalue weighted by molar-refractivity contribution is 0.170. The van der Waals surface area contributed by atoms with Crippen LogP contribution in [0.4, 0.5) is 0 Å². The fourth-order valence-corrected chi connectivity index (χ4v) is 5.71. The van der Waals surface area contributed by atoms with E-state index in [-0.39, 0.29) is 12.0 Å². The zero-order valence-electron chi connectivity index (χ0n) is 10.9. The quantitative estimate of drug-likeness (QED) is 0.823. The van der Waals surface area contributed by atoms with E-state index in [1.165, 1.54) is 19.3 Å². The van der Waals surface area contributed by atoms with Crippen LogP contribution < -0.4 is 5.73 Å². The van der Waals surface area contributed by atoms with Crippen molar-refractivity contribution in [3.8, 4) is 0 Å². The normalized spacial score (nSPS) is 43.5. The molecule has 0 aromatic rings. The minimum absolute atomic E-state index is 0.0949. The predicted octanol–water partition coefficient (Wildman–Crippen LogP) is 1.82. The van der Waals surface area contributed by atoms with Crippen LogP contribution in [0, 0.1) is 23.7 Å². The number of hydrogen-bond acceptors (Lipinski definition) is 3. The summed E-state index contributed by atoms with van der Waals surface area (Å²) in [4.78, 5) is 0. The molecule has 4 unspecified atom stereocenters. The van der Waals surface area contributed by atoms with E-state index in [1.54, 1.807) is 0 Å². The summed E-state index contributed by atoms with van der Waals surface area (Å²) in [7, 11) is -2.79. The maximum Gasteiger partial charge on any atom is 0.150 e. The van der Waals surface area contributed by atoms with Crippen molar-refractivity contribution in [1.82, 2.24) is 0 Å². The van der Waals surface area contributed by atoms with Crippen molar-refractivity contribution in [2.75, 3.05) is 11.5 Å². The maximum absolute atomic E-state index is 11.5. The smallest absolute Gasteiger partial charge is 0.150 e. The van der Waals surface area contributed by atoms with Crippen LogP contribution in [-0.4, -0.2) is 26.0 Å². The van der Waals surface area contributed by atoms with Crippen molar-refractivity contribution in [1.29, 1.82) is 0 Å². The Morgan fingerprint density at radius 1 is 1.06 bits per heavy atom. The van der Waals surface area contributed by atoms with Gasteiger partial charge < -0.3 is 5.73 Å². The van der Waals surface area contributed by atoms with Gasteiger partial charge in [-0.1, -0.05) is 13.8 Å². The zero-order chi connectivity index (χ0) is 12.6. The third kappa shape index (κ3) is 3.22. The minimum atomic E-state index is -2.79. The largest absolute Gasteiger partial charge is 0.327 e. The molecule has 2 fully saturated rings. The first-order valence-electron chi connectivity index (χ1n) is 6.83. The summed E-state index contributed by atoms with van der Waals surface area (Å²) in [5.41, 5.74) is 6.33. The molecular formula is C13H25NO2S. The van der Waals surface area contributed by atoms with Gasteiger partial charge in [-0.15, -0.1) is 0 Å². The van der Waals surface area contributed by atoms with Gasteiger partial charge in [-0.3, -0.25) is 0 Å². The second-order valence-electron chi connectivity index (χ2n) is 6.42. The van der Waals surface area contributed by atoms with Gasteiger partial charge in [0.2, 0.25) is 0 Å². The Balaban J connectivity index is 1.98. The Labute approximate surface area is 105 Å². The van der Waals surface area contributed by atoms with Crippen LogP contribution in [0.3, 0.4) is 0 Å². The third-order valence-electron chi connectivity index (χ3n) is 4.57. The molecule has 0 bridgehead atoms. The first-order valence-corrected chi connectivity index (χ1v) is 8.65. The Kier molecular flexibility index (Phi) is 3.83. The van der Waals surface area contributed by atoms with Gasteiger partial charge >= 0.3 is 0 Å². The Morgan fingerprint density at radius 2 is 1.65 bits per heavy atom. The summed E-state index contributed by atoms with van der Waals surface area (Å²) >= 11 is 0. The van der Waals surface area contributed by atoms with E-state index in [0.29, 0.717) is 17.4 Å². The Bertz CT molecular complexity index is 356. The molecule has 100 valence electrons. The molecule has 1 aliphatic heterocycles. The van der Waals surface area contributed by atoms with E-state index in [4.69, 9.17) is 5.73 Å². The summed E-state index contributed by atoms with van der Waals surface area (Å²) in [6.07, 6.45) is 4.44. The van der Waals surface area contributed by atoms with E-state index in [9.17, 15) is 8.42 Å². The standard InChI is InChI=1S/C13H25NO2S/c1-9-5-10(2)7-12(6-9)13(14)11-3-4-17(15,16)8-11/h9-13H,3-8,14H2,1-2H3. The molecule has 17 heavy (non-hydrogen) atoms. The van der Waals surface area contributed by atoms with Crippen LogP contribution in [-0.2, 0) is 9.84 Å². The van der Waals surface area contributed by atoms with Gasteiger partial charge in [-0.25, -0.2) is 8.42 Å². The molecule has 0 amide bonds. The average Bonchev–Trinajstić information content (AvgIpc) is 2.56. The molecule has 2 rings (SSSR count). The first kappa shape index (κ1) is 13.3. The van der Waals surface area contributed by atoms with Gasteiger partial charge in [0.05, 0.1) is 11.5 Å². The first-order chi connectivity index (χ1) is 7.87. The van der Waals surface area contributed by atoms with E-state index < -0.39 is 9.84 Å². The molecule has 0 spiro atoms. The second kappa shape index (κ2) is 4.88. The van der Waals surface area contributed by atoms with Gasteiger partial charge in [0.25, 0.3) is 0 Å². The molecule has 0 aromatic carbocycles. The lowest BCUT2D eigenvalue weighted by Gasteiger charge is -2.37. The molecule has 2 N–H and O–H groups in total. The van der Waals surface area contributed by atoms with Crippen LogP contribution in [0.2, 0.25) is 0 Å². The lowest BCUT2D eigenvalue weighted by atomic mass is 9.71. The molecule has 1 aliphatic carbocycles. The molecule has 0 radical (unpaired) electrons. The number of rotatable bonds is 2. The summed E-state index contributed by atoms with van der Waals surface area (Å²) in [5, 5.41) is 0. The summed E-state index contributed by atoms with van der Waals surface area (Å²) in [5.74, 6) is 2.91. The number of nitrogens with two attached hydrogens (primary N) is 1. The zero-order valence-corrected chi connectivity index (χ0v) is 11.7. The highest BCUT2D eigenvalue weighted by atomic mass is 32.2. The highest BCUT2D eigenvalue weighted by Crippen LogP contribution is 2.37. The van der Waals surface area contributed by atoms with E-state index in [0.717, 1.165) is 18.3 Å². The molecule has 1 saturated carbocycles.